The van der Waals surface area contributed by atoms with Crippen LogP contribution in [0.5, 0.6) is 0 Å². The van der Waals surface area contributed by atoms with Crippen LogP contribution in [-0.4, -0.2) is 72.5 Å². The third-order valence-corrected chi connectivity index (χ3v) is 4.69. The van der Waals surface area contributed by atoms with Gasteiger partial charge in [0.25, 0.3) is 0 Å². The van der Waals surface area contributed by atoms with Crippen molar-refractivity contribution in [3.05, 3.63) is 35.9 Å². The fourth-order valence-corrected chi connectivity index (χ4v) is 3.20. The van der Waals surface area contributed by atoms with Crippen LogP contribution < -0.4 is 0 Å². The number of likely N-dealkylation sites (N-methyl/N-ethyl adjacent to an activating group) is 1. The zero-order chi connectivity index (χ0) is 16.9. The second-order valence-electron chi connectivity index (χ2n) is 6.53. The second kappa shape index (κ2) is 7.66. The second-order valence-corrected chi connectivity index (χ2v) is 6.53. The topological polar surface area (TPSA) is 53.1 Å². The maximum Gasteiger partial charge on any atom is 0.320 e. The Morgan fingerprint density at radius 3 is 2.71 bits per heavy atom. The highest BCUT2D eigenvalue weighted by atomic mass is 16.5. The number of likely N-dealkylation sites (tertiary alicyclic amines) is 1. The predicted molar refractivity (Wildman–Crippen MR) is 90.4 cm³/mol. The number of hydrogen-bond acceptors (Lipinski definition) is 3. The average molecular weight is 331 g/mol. The van der Waals surface area contributed by atoms with Gasteiger partial charge in [-0.25, -0.2) is 4.79 Å². The number of ether oxygens (including phenoxy) is 1. The lowest BCUT2D eigenvalue weighted by molar-refractivity contribution is -0.136. The Bertz CT molecular complexity index is 578. The molecule has 6 nitrogen and oxygen atoms in total. The van der Waals surface area contributed by atoms with Gasteiger partial charge in [0.15, 0.2) is 0 Å². The fourth-order valence-electron chi connectivity index (χ4n) is 3.20. The van der Waals surface area contributed by atoms with Crippen LogP contribution in [-0.2, 0) is 16.1 Å². The zero-order valence-electron chi connectivity index (χ0n) is 14.2. The summed E-state index contributed by atoms with van der Waals surface area (Å²) in [5.41, 5.74) is 1.15. The van der Waals surface area contributed by atoms with Gasteiger partial charge in [0.05, 0.1) is 12.7 Å². The van der Waals surface area contributed by atoms with E-state index in [4.69, 9.17) is 4.74 Å². The number of nitrogens with zero attached hydrogens (tertiary/aromatic N) is 3. The highest BCUT2D eigenvalue weighted by molar-refractivity contribution is 5.85. The molecule has 1 aromatic rings. The molecule has 0 unspecified atom stereocenters. The molecule has 3 rings (SSSR count). The summed E-state index contributed by atoms with van der Waals surface area (Å²) >= 11 is 0. The molecule has 2 aliphatic rings. The van der Waals surface area contributed by atoms with E-state index in [9.17, 15) is 9.59 Å². The van der Waals surface area contributed by atoms with Crippen LogP contribution in [0.1, 0.15) is 18.4 Å². The Morgan fingerprint density at radius 2 is 2.00 bits per heavy atom. The van der Waals surface area contributed by atoms with Crippen molar-refractivity contribution in [1.82, 2.24) is 14.7 Å². The van der Waals surface area contributed by atoms with Gasteiger partial charge < -0.3 is 19.4 Å². The molecule has 130 valence electrons. The third-order valence-electron chi connectivity index (χ3n) is 4.69. The molecular formula is C18H25N3O3. The molecule has 0 bridgehead atoms. The van der Waals surface area contributed by atoms with Gasteiger partial charge in [-0.2, -0.15) is 0 Å². The highest BCUT2D eigenvalue weighted by Crippen LogP contribution is 2.16. The number of carbonyl (C=O) groups is 2. The number of rotatable bonds is 5. The lowest BCUT2D eigenvalue weighted by Crippen LogP contribution is -2.47. The molecule has 0 aromatic heterocycles. The van der Waals surface area contributed by atoms with Gasteiger partial charge in [0.2, 0.25) is 5.91 Å². The molecule has 24 heavy (non-hydrogen) atoms. The largest absolute Gasteiger partial charge is 0.372 e. The molecule has 6 heteroatoms. The van der Waals surface area contributed by atoms with Gasteiger partial charge in [-0.15, -0.1) is 0 Å². The summed E-state index contributed by atoms with van der Waals surface area (Å²) in [6.07, 6.45) is 1.99. The summed E-state index contributed by atoms with van der Waals surface area (Å²) in [6.45, 7) is 3.43. The molecule has 0 saturated carbocycles. The minimum Gasteiger partial charge on any atom is -0.372 e. The molecule has 1 aromatic carbocycles. The Kier molecular flexibility index (Phi) is 5.35. The first-order chi connectivity index (χ1) is 11.6. The quantitative estimate of drug-likeness (QED) is 0.823. The molecular weight excluding hydrogens is 306 g/mol. The van der Waals surface area contributed by atoms with Gasteiger partial charge in [-0.05, 0) is 18.4 Å². The minimum atomic E-state index is -0.0581. The van der Waals surface area contributed by atoms with Crippen LogP contribution in [0.25, 0.3) is 0 Å². The highest BCUT2D eigenvalue weighted by Gasteiger charge is 2.30. The number of benzene rings is 1. The predicted octanol–water partition coefficient (Wildman–Crippen LogP) is 1.56. The van der Waals surface area contributed by atoms with Crippen molar-refractivity contribution in [2.45, 2.75) is 25.6 Å². The van der Waals surface area contributed by atoms with Crippen molar-refractivity contribution in [3.63, 3.8) is 0 Å². The molecule has 0 spiro atoms. The van der Waals surface area contributed by atoms with Gasteiger partial charge >= 0.3 is 6.03 Å². The van der Waals surface area contributed by atoms with E-state index in [2.05, 4.69) is 0 Å². The van der Waals surface area contributed by atoms with Crippen LogP contribution in [0.15, 0.2) is 30.3 Å². The van der Waals surface area contributed by atoms with Crippen molar-refractivity contribution in [1.29, 1.82) is 0 Å². The van der Waals surface area contributed by atoms with Crippen LogP contribution in [0.2, 0.25) is 0 Å². The number of urea groups is 1. The minimum absolute atomic E-state index is 0.0201. The lowest BCUT2D eigenvalue weighted by atomic mass is 10.1. The van der Waals surface area contributed by atoms with E-state index in [1.807, 2.05) is 35.2 Å². The average Bonchev–Trinajstić information content (AvgIpc) is 2.93. The molecule has 1 atom stereocenters. The van der Waals surface area contributed by atoms with E-state index in [1.54, 1.807) is 16.8 Å². The number of carbonyl (C=O) groups excluding carboxylic acids is 2. The van der Waals surface area contributed by atoms with Gasteiger partial charge in [-0.3, -0.25) is 4.79 Å². The first-order valence-electron chi connectivity index (χ1n) is 8.57. The van der Waals surface area contributed by atoms with Gasteiger partial charge in [0, 0.05) is 33.2 Å². The zero-order valence-corrected chi connectivity index (χ0v) is 14.2. The first-order valence-corrected chi connectivity index (χ1v) is 8.57. The number of piperidine rings is 1. The normalized spacial score (nSPS) is 21.5. The van der Waals surface area contributed by atoms with E-state index >= 15 is 0 Å². The van der Waals surface area contributed by atoms with E-state index in [-0.39, 0.29) is 24.6 Å². The Hall–Kier alpha value is -2.08. The summed E-state index contributed by atoms with van der Waals surface area (Å²) in [6, 6.07) is 10.0. The van der Waals surface area contributed by atoms with Crippen LogP contribution in [0.3, 0.4) is 0 Å². The van der Waals surface area contributed by atoms with Crippen LogP contribution in [0.4, 0.5) is 4.79 Å². The Balaban J connectivity index is 1.48. The van der Waals surface area contributed by atoms with Crippen molar-refractivity contribution in [2.75, 3.05) is 39.8 Å². The van der Waals surface area contributed by atoms with Crippen molar-refractivity contribution >= 4 is 11.9 Å². The van der Waals surface area contributed by atoms with Crippen molar-refractivity contribution in [3.8, 4) is 0 Å². The summed E-state index contributed by atoms with van der Waals surface area (Å²) in [5.74, 6) is 0.0201. The molecule has 2 fully saturated rings. The van der Waals surface area contributed by atoms with E-state index in [0.29, 0.717) is 26.2 Å². The smallest absolute Gasteiger partial charge is 0.320 e. The molecule has 2 aliphatic heterocycles. The van der Waals surface area contributed by atoms with E-state index in [0.717, 1.165) is 24.9 Å². The lowest BCUT2D eigenvalue weighted by Gasteiger charge is -2.33. The Labute approximate surface area is 143 Å². The monoisotopic (exact) mass is 331 g/mol. The SMILES string of the molecule is CN1CCN(CC(=O)N2CCC[C@@H](OCc3ccccc3)C2)C1=O. The number of amides is 3. The third kappa shape index (κ3) is 4.06. The molecule has 0 aliphatic carbocycles. The summed E-state index contributed by atoms with van der Waals surface area (Å²) in [7, 11) is 1.77. The van der Waals surface area contributed by atoms with Crippen molar-refractivity contribution in [2.24, 2.45) is 0 Å². The molecule has 2 saturated heterocycles. The summed E-state index contributed by atoms with van der Waals surface area (Å²) in [5, 5.41) is 0. The fraction of sp³-hybridized carbons (Fsp3) is 0.556. The summed E-state index contributed by atoms with van der Waals surface area (Å²) in [4.78, 5) is 29.5. The van der Waals surface area contributed by atoms with Gasteiger partial charge in [0.1, 0.15) is 6.54 Å². The van der Waals surface area contributed by atoms with E-state index < -0.39 is 0 Å². The summed E-state index contributed by atoms with van der Waals surface area (Å²) < 4.78 is 5.97. The van der Waals surface area contributed by atoms with Crippen LogP contribution >= 0.6 is 0 Å². The van der Waals surface area contributed by atoms with Gasteiger partial charge in [-0.1, -0.05) is 30.3 Å². The van der Waals surface area contributed by atoms with Crippen LogP contribution in [0, 0.1) is 0 Å². The number of hydrogen-bond donors (Lipinski definition) is 0. The molecule has 0 N–H and O–H groups in total. The Morgan fingerprint density at radius 1 is 1.21 bits per heavy atom. The van der Waals surface area contributed by atoms with Crippen molar-refractivity contribution < 1.29 is 14.3 Å². The first kappa shape index (κ1) is 16.8. The molecule has 3 amide bonds. The maximum atomic E-state index is 12.5. The molecule has 2 heterocycles. The van der Waals surface area contributed by atoms with E-state index in [1.165, 1.54) is 0 Å². The maximum absolute atomic E-state index is 12.5. The molecule has 0 radical (unpaired) electrons. The standard InChI is InChI=1S/C18H25N3O3/c1-19-10-11-21(18(19)23)13-17(22)20-9-5-8-16(12-20)24-14-15-6-3-2-4-7-15/h2-4,6-7,16H,5,8-14H2,1H3/t16-/m1/s1.